The first-order chi connectivity index (χ1) is 18.9. The topological polar surface area (TPSA) is 59.1 Å². The molecule has 0 radical (unpaired) electrons. The smallest absolute Gasteiger partial charge is 0.416 e. The summed E-state index contributed by atoms with van der Waals surface area (Å²) >= 11 is 0. The van der Waals surface area contributed by atoms with Crippen LogP contribution in [0, 0.1) is 0 Å². The van der Waals surface area contributed by atoms with Gasteiger partial charge in [0.25, 0.3) is 0 Å². The molecular weight excluding hydrogens is 575 g/mol. The second kappa shape index (κ2) is 11.7. The summed E-state index contributed by atoms with van der Waals surface area (Å²) in [5.74, 6) is 0. The molecule has 15 heteroatoms. The molecular formula is C26H25F9N2O4. The van der Waals surface area contributed by atoms with E-state index in [1.54, 1.807) is 0 Å². The molecule has 1 heterocycles. The first-order valence-electron chi connectivity index (χ1n) is 12.3. The minimum atomic E-state index is -5.17. The Labute approximate surface area is 228 Å². The van der Waals surface area contributed by atoms with Crippen LogP contribution in [0.3, 0.4) is 0 Å². The molecule has 0 aromatic heterocycles. The van der Waals surface area contributed by atoms with E-state index < -0.39 is 71.6 Å². The van der Waals surface area contributed by atoms with Crippen LogP contribution in [0.25, 0.3) is 0 Å². The highest BCUT2D eigenvalue weighted by atomic mass is 19.4. The van der Waals surface area contributed by atoms with Crippen LogP contribution in [0.15, 0.2) is 36.4 Å². The van der Waals surface area contributed by atoms with Crippen LogP contribution in [0.2, 0.25) is 0 Å². The summed E-state index contributed by atoms with van der Waals surface area (Å²) in [5.41, 5.74) is -5.29. The van der Waals surface area contributed by atoms with Gasteiger partial charge in [-0.05, 0) is 74.7 Å². The van der Waals surface area contributed by atoms with Crippen molar-refractivity contribution in [1.82, 2.24) is 4.90 Å². The second-order valence-electron chi connectivity index (χ2n) is 9.18. The molecule has 41 heavy (non-hydrogen) atoms. The van der Waals surface area contributed by atoms with Crippen molar-refractivity contribution in [2.75, 3.05) is 18.1 Å². The number of halogens is 9. The largest absolute Gasteiger partial charge is 0.450 e. The fourth-order valence-corrected chi connectivity index (χ4v) is 4.59. The van der Waals surface area contributed by atoms with Crippen molar-refractivity contribution >= 4 is 17.9 Å². The van der Waals surface area contributed by atoms with Gasteiger partial charge >= 0.3 is 30.7 Å². The van der Waals surface area contributed by atoms with E-state index in [0.29, 0.717) is 24.3 Å². The van der Waals surface area contributed by atoms with Gasteiger partial charge in [0, 0.05) is 12.6 Å². The standard InChI is InChI=1S/C26H25F9N2O4/c1-4-40-22(38)36(13-15-9-17(25(30,31)32)11-18(10-15)26(33,34)35)21-8-14(3)37(23(39)41-5-2)20-7-6-16(12-19(20)21)24(27,28)29/h6-7,9-12,14,21H,4-5,8,13H2,1-3H3. The van der Waals surface area contributed by atoms with Gasteiger partial charge in [0.2, 0.25) is 0 Å². The molecule has 226 valence electrons. The van der Waals surface area contributed by atoms with Crippen molar-refractivity contribution in [2.24, 2.45) is 0 Å². The maximum Gasteiger partial charge on any atom is 0.416 e. The summed E-state index contributed by atoms with van der Waals surface area (Å²) in [4.78, 5) is 27.6. The van der Waals surface area contributed by atoms with Crippen molar-refractivity contribution in [1.29, 1.82) is 0 Å². The highest BCUT2D eigenvalue weighted by Gasteiger charge is 2.42. The summed E-state index contributed by atoms with van der Waals surface area (Å²) in [6.07, 6.45) is -17.5. The van der Waals surface area contributed by atoms with E-state index in [9.17, 15) is 49.1 Å². The lowest BCUT2D eigenvalue weighted by molar-refractivity contribution is -0.143. The number of hydrogen-bond acceptors (Lipinski definition) is 4. The van der Waals surface area contributed by atoms with Gasteiger partial charge < -0.3 is 9.47 Å². The van der Waals surface area contributed by atoms with E-state index in [2.05, 4.69) is 0 Å². The molecule has 2 unspecified atom stereocenters. The van der Waals surface area contributed by atoms with Gasteiger partial charge in [0.05, 0.1) is 41.6 Å². The Morgan fingerprint density at radius 3 is 1.85 bits per heavy atom. The molecule has 2 atom stereocenters. The maximum atomic E-state index is 13.7. The number of carbonyl (C=O) groups excluding carboxylic acids is 2. The first-order valence-corrected chi connectivity index (χ1v) is 12.3. The predicted octanol–water partition coefficient (Wildman–Crippen LogP) is 8.20. The Bertz CT molecular complexity index is 1240. The van der Waals surface area contributed by atoms with E-state index in [1.807, 2.05) is 0 Å². The zero-order chi connectivity index (χ0) is 30.9. The van der Waals surface area contributed by atoms with Crippen LogP contribution >= 0.6 is 0 Å². The monoisotopic (exact) mass is 600 g/mol. The third-order valence-corrected chi connectivity index (χ3v) is 6.32. The molecule has 0 aliphatic carbocycles. The molecule has 0 N–H and O–H groups in total. The molecule has 2 aromatic rings. The van der Waals surface area contributed by atoms with Crippen LogP contribution in [-0.2, 0) is 34.5 Å². The predicted molar refractivity (Wildman–Crippen MR) is 127 cm³/mol. The maximum absolute atomic E-state index is 13.7. The average molecular weight is 600 g/mol. The molecule has 1 aliphatic rings. The van der Waals surface area contributed by atoms with Crippen molar-refractivity contribution in [3.8, 4) is 0 Å². The Morgan fingerprint density at radius 1 is 0.829 bits per heavy atom. The Morgan fingerprint density at radius 2 is 1.37 bits per heavy atom. The molecule has 3 rings (SSSR count). The number of carbonyl (C=O) groups is 2. The molecule has 0 fully saturated rings. The first kappa shape index (κ1) is 31.9. The minimum Gasteiger partial charge on any atom is -0.450 e. The lowest BCUT2D eigenvalue weighted by Gasteiger charge is -2.42. The number of fused-ring (bicyclic) bond motifs is 1. The van der Waals surface area contributed by atoms with Crippen LogP contribution in [-0.4, -0.2) is 36.3 Å². The van der Waals surface area contributed by atoms with Gasteiger partial charge in [-0.1, -0.05) is 0 Å². The quantitative estimate of drug-likeness (QED) is 0.325. The van der Waals surface area contributed by atoms with E-state index in [-0.39, 0.29) is 37.0 Å². The molecule has 0 saturated heterocycles. The third kappa shape index (κ3) is 7.17. The molecule has 0 bridgehead atoms. The van der Waals surface area contributed by atoms with Crippen LogP contribution in [0.5, 0.6) is 0 Å². The number of hydrogen-bond donors (Lipinski definition) is 0. The van der Waals surface area contributed by atoms with Gasteiger partial charge in [-0.2, -0.15) is 39.5 Å². The van der Waals surface area contributed by atoms with Crippen LogP contribution < -0.4 is 4.90 Å². The summed E-state index contributed by atoms with van der Waals surface area (Å²) in [7, 11) is 0. The molecule has 1 aliphatic heterocycles. The number of ether oxygens (including phenoxy) is 2. The average Bonchev–Trinajstić information content (AvgIpc) is 2.85. The Balaban J connectivity index is 2.22. The van der Waals surface area contributed by atoms with Gasteiger partial charge in [-0.15, -0.1) is 0 Å². The van der Waals surface area contributed by atoms with Crippen LogP contribution in [0.4, 0.5) is 54.8 Å². The van der Waals surface area contributed by atoms with Gasteiger partial charge in [0.1, 0.15) is 0 Å². The zero-order valence-electron chi connectivity index (χ0n) is 21.9. The SMILES string of the molecule is CCOC(=O)N(Cc1cc(C(F)(F)F)cc(C(F)(F)F)c1)C1CC(C)N(C(=O)OCC)c2ccc(C(F)(F)F)cc21. The highest BCUT2D eigenvalue weighted by molar-refractivity contribution is 5.90. The summed E-state index contributed by atoms with van der Waals surface area (Å²) in [5, 5.41) is 0. The van der Waals surface area contributed by atoms with E-state index >= 15 is 0 Å². The second-order valence-corrected chi connectivity index (χ2v) is 9.18. The van der Waals surface area contributed by atoms with E-state index in [0.717, 1.165) is 15.9 Å². The van der Waals surface area contributed by atoms with Crippen molar-refractivity contribution in [2.45, 2.75) is 64.3 Å². The van der Waals surface area contributed by atoms with E-state index in [4.69, 9.17) is 9.47 Å². The van der Waals surface area contributed by atoms with Crippen LogP contribution in [0.1, 0.15) is 61.1 Å². The molecule has 0 saturated carbocycles. The number of rotatable bonds is 5. The number of anilines is 1. The zero-order valence-corrected chi connectivity index (χ0v) is 21.9. The summed E-state index contributed by atoms with van der Waals surface area (Å²) in [6, 6.07) is 0.992. The lowest BCUT2D eigenvalue weighted by Crippen LogP contribution is -2.48. The third-order valence-electron chi connectivity index (χ3n) is 6.32. The van der Waals surface area contributed by atoms with Crippen molar-refractivity contribution in [3.05, 3.63) is 64.2 Å². The number of amides is 2. The van der Waals surface area contributed by atoms with Gasteiger partial charge in [0.15, 0.2) is 0 Å². The summed E-state index contributed by atoms with van der Waals surface area (Å²) < 4.78 is 132. The number of nitrogens with zero attached hydrogens (tertiary/aromatic N) is 2. The normalized spacial score (nSPS) is 17.6. The van der Waals surface area contributed by atoms with Crippen molar-refractivity contribution in [3.63, 3.8) is 0 Å². The minimum absolute atomic E-state index is 0.0620. The fourth-order valence-electron chi connectivity index (χ4n) is 4.59. The number of alkyl halides is 9. The Hall–Kier alpha value is -3.65. The van der Waals surface area contributed by atoms with Crippen molar-refractivity contribution < 1.29 is 58.6 Å². The van der Waals surface area contributed by atoms with Gasteiger partial charge in [-0.25, -0.2) is 9.59 Å². The lowest BCUT2D eigenvalue weighted by atomic mass is 9.89. The highest BCUT2D eigenvalue weighted by Crippen LogP contribution is 2.45. The molecule has 2 amide bonds. The summed E-state index contributed by atoms with van der Waals surface area (Å²) in [6.45, 7) is 3.21. The fraction of sp³-hybridized carbons (Fsp3) is 0.462. The van der Waals surface area contributed by atoms with E-state index in [1.165, 1.54) is 20.8 Å². The Kier molecular flexibility index (Phi) is 9.08. The number of benzene rings is 2. The molecule has 0 spiro atoms. The molecule has 2 aromatic carbocycles. The molecule has 6 nitrogen and oxygen atoms in total. The van der Waals surface area contributed by atoms with Gasteiger partial charge in [-0.3, -0.25) is 9.80 Å².